The number of rotatable bonds is 3. The number of alkyl halides is 1. The van der Waals surface area contributed by atoms with Gasteiger partial charge in [0, 0.05) is 56.6 Å². The highest BCUT2D eigenvalue weighted by molar-refractivity contribution is 5.82. The quantitative estimate of drug-likeness (QED) is 0.714. The molecule has 0 aromatic heterocycles. The SMILES string of the molecule is CC(=O)N1CC[C@@H]2CN([C@@H]3CCC[C@@H](NC(=O)C4CC5C(F)CCC(C)C5N4)C3)C[C@@H]21. The van der Waals surface area contributed by atoms with Crippen LogP contribution in [0.15, 0.2) is 0 Å². The molecule has 0 bridgehead atoms. The van der Waals surface area contributed by atoms with E-state index < -0.39 is 6.17 Å². The normalized spacial score (nSPS) is 45.4. The first kappa shape index (κ1) is 21.6. The van der Waals surface area contributed by atoms with Crippen molar-refractivity contribution in [3.05, 3.63) is 0 Å². The molecule has 2 saturated carbocycles. The summed E-state index contributed by atoms with van der Waals surface area (Å²) in [5.74, 6) is 1.32. The molecule has 5 aliphatic rings. The molecule has 5 fully saturated rings. The second kappa shape index (κ2) is 8.62. The number of hydrogen-bond donors (Lipinski definition) is 2. The second-order valence-electron chi connectivity index (χ2n) is 11.0. The summed E-state index contributed by atoms with van der Waals surface area (Å²) in [7, 11) is 0. The van der Waals surface area contributed by atoms with Gasteiger partial charge in [-0.15, -0.1) is 0 Å². The van der Waals surface area contributed by atoms with E-state index in [1.54, 1.807) is 6.92 Å². The predicted octanol–water partition coefficient (Wildman–Crippen LogP) is 2.08. The van der Waals surface area contributed by atoms with E-state index in [1.165, 1.54) is 6.42 Å². The summed E-state index contributed by atoms with van der Waals surface area (Å²) in [5, 5.41) is 6.79. The molecule has 174 valence electrons. The summed E-state index contributed by atoms with van der Waals surface area (Å²) in [5.41, 5.74) is 0. The van der Waals surface area contributed by atoms with Crippen molar-refractivity contribution in [2.75, 3.05) is 19.6 Å². The largest absolute Gasteiger partial charge is 0.352 e. The predicted molar refractivity (Wildman–Crippen MR) is 117 cm³/mol. The lowest BCUT2D eigenvalue weighted by molar-refractivity contribution is -0.129. The average Bonchev–Trinajstić information content (AvgIpc) is 3.44. The van der Waals surface area contributed by atoms with E-state index >= 15 is 0 Å². The lowest BCUT2D eigenvalue weighted by atomic mass is 9.77. The third kappa shape index (κ3) is 4.12. The van der Waals surface area contributed by atoms with Crippen molar-refractivity contribution in [1.82, 2.24) is 20.4 Å². The minimum absolute atomic E-state index is 0.00756. The zero-order valence-electron chi connectivity index (χ0n) is 19.1. The molecule has 7 heteroatoms. The first-order valence-electron chi connectivity index (χ1n) is 12.6. The van der Waals surface area contributed by atoms with Gasteiger partial charge in [-0.1, -0.05) is 6.92 Å². The van der Waals surface area contributed by atoms with Crippen LogP contribution < -0.4 is 10.6 Å². The third-order valence-electron chi connectivity index (χ3n) is 9.14. The summed E-state index contributed by atoms with van der Waals surface area (Å²) in [6.45, 7) is 6.86. The van der Waals surface area contributed by atoms with Crippen molar-refractivity contribution in [2.24, 2.45) is 17.8 Å². The van der Waals surface area contributed by atoms with Gasteiger partial charge in [0.25, 0.3) is 0 Å². The van der Waals surface area contributed by atoms with E-state index in [1.807, 2.05) is 0 Å². The molecule has 0 spiro atoms. The van der Waals surface area contributed by atoms with Crippen molar-refractivity contribution in [2.45, 2.75) is 102 Å². The van der Waals surface area contributed by atoms with E-state index in [2.05, 4.69) is 27.4 Å². The Balaban J connectivity index is 1.15. The van der Waals surface area contributed by atoms with Crippen molar-refractivity contribution >= 4 is 11.8 Å². The summed E-state index contributed by atoms with van der Waals surface area (Å²) in [4.78, 5) is 29.6. The van der Waals surface area contributed by atoms with Crippen LogP contribution in [0, 0.1) is 17.8 Å². The zero-order valence-corrected chi connectivity index (χ0v) is 19.1. The van der Waals surface area contributed by atoms with E-state index in [0.29, 0.717) is 36.8 Å². The number of nitrogens with one attached hydrogen (secondary N) is 2. The molecular formula is C24H39FN4O2. The van der Waals surface area contributed by atoms with Crippen LogP contribution in [0.2, 0.25) is 0 Å². The number of amides is 2. The van der Waals surface area contributed by atoms with Crippen LogP contribution in [-0.2, 0) is 9.59 Å². The zero-order chi connectivity index (χ0) is 21.7. The summed E-state index contributed by atoms with van der Waals surface area (Å²) in [6, 6.07) is 0.983. The Labute approximate surface area is 185 Å². The van der Waals surface area contributed by atoms with Gasteiger partial charge < -0.3 is 15.5 Å². The van der Waals surface area contributed by atoms with Gasteiger partial charge in [0.1, 0.15) is 6.17 Å². The van der Waals surface area contributed by atoms with Crippen LogP contribution in [0.1, 0.15) is 65.2 Å². The number of likely N-dealkylation sites (tertiary alicyclic amines) is 2. The number of carbonyl (C=O) groups is 2. The number of fused-ring (bicyclic) bond motifs is 2. The summed E-state index contributed by atoms with van der Waals surface area (Å²) >= 11 is 0. The van der Waals surface area contributed by atoms with Crippen LogP contribution >= 0.6 is 0 Å². The van der Waals surface area contributed by atoms with Crippen molar-refractivity contribution in [3.63, 3.8) is 0 Å². The van der Waals surface area contributed by atoms with E-state index in [4.69, 9.17) is 0 Å². The van der Waals surface area contributed by atoms with Crippen LogP contribution in [0.25, 0.3) is 0 Å². The molecule has 5 unspecified atom stereocenters. The van der Waals surface area contributed by atoms with Gasteiger partial charge in [-0.25, -0.2) is 4.39 Å². The van der Waals surface area contributed by atoms with Crippen molar-refractivity contribution in [1.29, 1.82) is 0 Å². The minimum atomic E-state index is -0.769. The Bertz CT molecular complexity index is 687. The van der Waals surface area contributed by atoms with Gasteiger partial charge in [-0.3, -0.25) is 14.5 Å². The van der Waals surface area contributed by atoms with E-state index in [9.17, 15) is 14.0 Å². The van der Waals surface area contributed by atoms with Gasteiger partial charge in [0.2, 0.25) is 11.8 Å². The molecule has 2 aliphatic carbocycles. The lowest BCUT2D eigenvalue weighted by Crippen LogP contribution is -2.51. The maximum Gasteiger partial charge on any atom is 0.237 e. The number of nitrogens with zero attached hydrogens (tertiary/aromatic N) is 2. The Morgan fingerprint density at radius 1 is 1.06 bits per heavy atom. The maximum atomic E-state index is 14.4. The number of halogens is 1. The van der Waals surface area contributed by atoms with Gasteiger partial charge in [0.15, 0.2) is 0 Å². The summed E-state index contributed by atoms with van der Waals surface area (Å²) < 4.78 is 14.4. The molecule has 2 amide bonds. The van der Waals surface area contributed by atoms with Crippen molar-refractivity contribution in [3.8, 4) is 0 Å². The number of hydrogen-bond acceptors (Lipinski definition) is 4. The molecule has 5 rings (SSSR count). The van der Waals surface area contributed by atoms with Crippen LogP contribution in [0.4, 0.5) is 4.39 Å². The highest BCUT2D eigenvalue weighted by atomic mass is 19.1. The Kier molecular flexibility index (Phi) is 6.01. The highest BCUT2D eigenvalue weighted by Crippen LogP contribution is 2.39. The molecule has 9 atom stereocenters. The third-order valence-corrected chi connectivity index (χ3v) is 9.14. The van der Waals surface area contributed by atoms with Gasteiger partial charge >= 0.3 is 0 Å². The molecule has 3 aliphatic heterocycles. The fraction of sp³-hybridized carbons (Fsp3) is 0.917. The second-order valence-corrected chi connectivity index (χ2v) is 11.0. The summed E-state index contributed by atoms with van der Waals surface area (Å²) in [6.07, 6.45) is 6.87. The molecule has 0 radical (unpaired) electrons. The molecule has 0 aromatic carbocycles. The van der Waals surface area contributed by atoms with Gasteiger partial charge in [-0.05, 0) is 63.2 Å². The van der Waals surface area contributed by atoms with E-state index in [-0.39, 0.29) is 35.9 Å². The van der Waals surface area contributed by atoms with Crippen LogP contribution in [-0.4, -0.2) is 77.6 Å². The molecule has 2 N–H and O–H groups in total. The molecule has 6 nitrogen and oxygen atoms in total. The first-order chi connectivity index (χ1) is 14.9. The lowest BCUT2D eigenvalue weighted by Gasteiger charge is -2.37. The molecular weight excluding hydrogens is 395 g/mol. The standard InChI is InChI=1S/C24H39FN4O2/c1-14-6-7-20(25)19-11-21(27-23(14)19)24(31)26-17-4-3-5-18(10-17)28-12-16-8-9-29(15(2)30)22(16)13-28/h14,16-23,27H,3-13H2,1-2H3,(H,26,31)/t14?,16-,17-,18-,19?,20?,21?,22+,23?/m1/s1. The molecule has 3 heterocycles. The Morgan fingerprint density at radius 3 is 2.68 bits per heavy atom. The highest BCUT2D eigenvalue weighted by Gasteiger charge is 2.47. The smallest absolute Gasteiger partial charge is 0.237 e. The minimum Gasteiger partial charge on any atom is -0.352 e. The van der Waals surface area contributed by atoms with Gasteiger partial charge in [-0.2, -0.15) is 0 Å². The Hall–Kier alpha value is -1.21. The average molecular weight is 435 g/mol. The molecule has 31 heavy (non-hydrogen) atoms. The van der Waals surface area contributed by atoms with E-state index in [0.717, 1.165) is 51.7 Å². The maximum absolute atomic E-state index is 14.4. The molecule has 3 saturated heterocycles. The topological polar surface area (TPSA) is 64.7 Å². The van der Waals surface area contributed by atoms with Crippen LogP contribution in [0.5, 0.6) is 0 Å². The Morgan fingerprint density at radius 2 is 1.90 bits per heavy atom. The van der Waals surface area contributed by atoms with Gasteiger partial charge in [0.05, 0.1) is 6.04 Å². The first-order valence-corrected chi connectivity index (χ1v) is 12.6. The van der Waals surface area contributed by atoms with Crippen LogP contribution in [0.3, 0.4) is 0 Å². The van der Waals surface area contributed by atoms with Crippen molar-refractivity contribution < 1.29 is 14.0 Å². The number of carbonyl (C=O) groups excluding carboxylic acids is 2. The monoisotopic (exact) mass is 434 g/mol. The molecule has 0 aromatic rings. The fourth-order valence-corrected chi connectivity index (χ4v) is 7.41. The fourth-order valence-electron chi connectivity index (χ4n) is 7.41.